The highest BCUT2D eigenvalue weighted by Crippen LogP contribution is 2.42. The van der Waals surface area contributed by atoms with E-state index in [1.807, 2.05) is 212 Å². The van der Waals surface area contributed by atoms with Crippen molar-refractivity contribution in [1.82, 2.24) is 0 Å². The van der Waals surface area contributed by atoms with Crippen LogP contribution in [0, 0.1) is 0 Å². The number of rotatable bonds is 15. The third-order valence-corrected chi connectivity index (χ3v) is 54.8. The largest absolute Gasteiger partial charge is 0.515 e. The SMILES string of the molecule is C[Si](C)(C)O[Si]1(c2ccccc2)O[SiH]2O[Si](O[Si](C)(C)C)(c3ccccc3)O[Si](c3ccccc3)(O1)O[Si]1(c3ccccc3)O[Si](O[Si](C)(C)C)(c3ccccc3)O[Si](c3ccccc3)(O2)O[Si](O[Si](C)(C)C)(c2ccccc2)O1. The quantitative estimate of drug-likeness (QED) is 0.0958. The number of benzene rings is 7. The molecule has 7 aromatic carbocycles. The monoisotopic (exact) mass is 1280 g/mol. The molecule has 0 amide bonds. The van der Waals surface area contributed by atoms with Crippen molar-refractivity contribution < 1.29 is 57.6 Å². The van der Waals surface area contributed by atoms with Crippen LogP contribution >= 0.6 is 0 Å². The summed E-state index contributed by atoms with van der Waals surface area (Å²) in [6, 6.07) is 68.4. The Morgan fingerprint density at radius 3 is 0.700 bits per heavy atom. The Labute approximate surface area is 485 Å². The van der Waals surface area contributed by atoms with Gasteiger partial charge in [0.2, 0.25) is 0 Å². The van der Waals surface area contributed by atoms with Crippen LogP contribution in [-0.2, 0) is 57.6 Å². The van der Waals surface area contributed by atoms with Crippen LogP contribution in [0.5, 0.6) is 0 Å². The second-order valence-electron chi connectivity index (χ2n) is 23.7. The van der Waals surface area contributed by atoms with Gasteiger partial charge in [-0.25, -0.2) is 0 Å². The molecule has 4 bridgehead atoms. The van der Waals surface area contributed by atoms with Crippen LogP contribution in [-0.4, -0.2) is 104 Å². The summed E-state index contributed by atoms with van der Waals surface area (Å²) >= 11 is 0. The van der Waals surface area contributed by atoms with Gasteiger partial charge in [0, 0.05) is 36.3 Å². The summed E-state index contributed by atoms with van der Waals surface area (Å²) in [4.78, 5) is 0. The van der Waals surface area contributed by atoms with E-state index in [9.17, 15) is 0 Å². The van der Waals surface area contributed by atoms with Gasteiger partial charge in [0.05, 0.1) is 0 Å². The van der Waals surface area contributed by atoms with Crippen molar-refractivity contribution in [3.05, 3.63) is 212 Å². The minimum Gasteiger partial charge on any atom is -0.413 e. The maximum absolute atomic E-state index is 8.64. The Kier molecular flexibility index (Phi) is 17.1. The van der Waals surface area contributed by atoms with Crippen LogP contribution in [0.1, 0.15) is 0 Å². The van der Waals surface area contributed by atoms with E-state index >= 15 is 0 Å². The Morgan fingerprint density at radius 1 is 0.237 bits per heavy atom. The van der Waals surface area contributed by atoms with Crippen LogP contribution in [0.25, 0.3) is 0 Å². The van der Waals surface area contributed by atoms with Gasteiger partial charge in [-0.3, -0.25) is 0 Å². The van der Waals surface area contributed by atoms with Crippen LogP contribution < -0.4 is 36.3 Å². The van der Waals surface area contributed by atoms with E-state index in [1.165, 1.54) is 0 Å². The van der Waals surface area contributed by atoms with Gasteiger partial charge in [-0.05, 0) is 78.6 Å². The zero-order valence-corrected chi connectivity index (χ0v) is 59.7. The van der Waals surface area contributed by atoms with Gasteiger partial charge in [0.25, 0.3) is 0 Å². The average molecular weight is 1280 g/mol. The van der Waals surface area contributed by atoms with E-state index in [0.717, 1.165) is 0 Å². The van der Waals surface area contributed by atoms with Crippen LogP contribution in [0.15, 0.2) is 212 Å². The van der Waals surface area contributed by atoms with E-state index in [4.69, 9.17) is 57.6 Å². The second kappa shape index (κ2) is 22.9. The number of hydrogen-bond donors (Lipinski definition) is 0. The first-order valence-corrected chi connectivity index (χ1v) is 54.1. The van der Waals surface area contributed by atoms with Crippen LogP contribution in [0.3, 0.4) is 0 Å². The van der Waals surface area contributed by atoms with Gasteiger partial charge in [0.15, 0.2) is 33.3 Å². The standard InChI is InChI=1S/C54H72O14Si12/c1-70(2,3)58-74(48-34-20-13-21-35-48)55-69-56-75(59-71(4,5)6,49-36-22-14-23-37-49)63-79(62-74,53-44-30-18-31-45-53)68-80(54-46-32-19-33-47-54)66-77(60-72(7,8)9,51-40-26-16-27-41-51)64-76(57-69,50-38-24-15-25-39-50)65-78(67-80,61-73(10,11)12)52-42-28-17-29-43-52/h13-47,69H,1-12H3. The lowest BCUT2D eigenvalue weighted by Crippen LogP contribution is -2.88. The Balaban J connectivity index is 1.47. The summed E-state index contributed by atoms with van der Waals surface area (Å²) in [7, 11) is -49.2. The highest BCUT2D eigenvalue weighted by Gasteiger charge is 2.78. The van der Waals surface area contributed by atoms with Gasteiger partial charge in [-0.15, -0.1) is 0 Å². The normalized spacial score (nSPS) is 29.7. The third kappa shape index (κ3) is 13.1. The smallest absolute Gasteiger partial charge is 0.413 e. The first-order chi connectivity index (χ1) is 37.8. The molecule has 420 valence electrons. The minimum absolute atomic E-state index is 0.528. The zero-order chi connectivity index (χ0) is 56.8. The van der Waals surface area contributed by atoms with Crippen molar-refractivity contribution in [2.45, 2.75) is 78.6 Å². The molecule has 0 aliphatic carbocycles. The molecule has 0 spiro atoms. The van der Waals surface area contributed by atoms with Crippen molar-refractivity contribution in [2.75, 3.05) is 0 Å². The molecule has 14 nitrogen and oxygen atoms in total. The minimum atomic E-state index is -5.15. The molecule has 0 N–H and O–H groups in total. The summed E-state index contributed by atoms with van der Waals surface area (Å²) in [5.41, 5.74) is 0. The van der Waals surface area contributed by atoms with E-state index in [2.05, 4.69) is 78.6 Å². The molecule has 4 aliphatic rings. The van der Waals surface area contributed by atoms with Crippen molar-refractivity contribution in [2.24, 2.45) is 0 Å². The molecule has 11 rings (SSSR count). The molecule has 7 aromatic rings. The fourth-order valence-electron chi connectivity index (χ4n) is 9.52. The first-order valence-electron chi connectivity index (χ1n) is 26.9. The Hall–Kier alpha value is -3.42. The fraction of sp³-hybridized carbons (Fsp3) is 0.222. The van der Waals surface area contributed by atoms with Gasteiger partial charge in [-0.2, -0.15) is 0 Å². The van der Waals surface area contributed by atoms with Crippen LogP contribution in [0.2, 0.25) is 78.6 Å². The van der Waals surface area contributed by atoms with Gasteiger partial charge < -0.3 is 57.6 Å². The molecule has 4 saturated heterocycles. The predicted molar refractivity (Wildman–Crippen MR) is 339 cm³/mol. The van der Waals surface area contributed by atoms with Crippen molar-refractivity contribution in [3.8, 4) is 0 Å². The fourth-order valence-corrected chi connectivity index (χ4v) is 63.4. The highest BCUT2D eigenvalue weighted by molar-refractivity contribution is 7.09. The Morgan fingerprint density at radius 2 is 0.438 bits per heavy atom. The van der Waals surface area contributed by atoms with E-state index in [-0.39, 0.29) is 0 Å². The summed E-state index contributed by atoms with van der Waals surface area (Å²) < 4.78 is 114. The maximum Gasteiger partial charge on any atom is 0.515 e. The molecule has 0 radical (unpaired) electrons. The van der Waals surface area contributed by atoms with Crippen LogP contribution in [0.4, 0.5) is 0 Å². The summed E-state index contributed by atoms with van der Waals surface area (Å²) in [5, 5.41) is 4.12. The molecule has 0 aromatic heterocycles. The Bertz CT molecular complexity index is 3030. The van der Waals surface area contributed by atoms with E-state index < -0.39 is 104 Å². The molecule has 80 heavy (non-hydrogen) atoms. The molecule has 4 aliphatic heterocycles. The third-order valence-electron chi connectivity index (χ3n) is 12.3. The van der Waals surface area contributed by atoms with Gasteiger partial charge >= 0.3 is 71.2 Å². The molecule has 4 atom stereocenters. The second-order valence-corrected chi connectivity index (χ2v) is 64.8. The van der Waals surface area contributed by atoms with Gasteiger partial charge in [0.1, 0.15) is 0 Å². The highest BCUT2D eigenvalue weighted by atomic mass is 28.6. The lowest BCUT2D eigenvalue weighted by Gasteiger charge is -2.56. The molecule has 4 unspecified atom stereocenters. The van der Waals surface area contributed by atoms with E-state index in [0.29, 0.717) is 36.3 Å². The summed E-state index contributed by atoms with van der Waals surface area (Å²) in [5.74, 6) is 0. The predicted octanol–water partition coefficient (Wildman–Crippen LogP) is 7.24. The topological polar surface area (TPSA) is 129 Å². The number of hydrogen-bond acceptors (Lipinski definition) is 14. The maximum atomic E-state index is 8.64. The lowest BCUT2D eigenvalue weighted by atomic mass is 10.4. The van der Waals surface area contributed by atoms with Crippen molar-refractivity contribution in [1.29, 1.82) is 0 Å². The molecule has 26 heteroatoms. The summed E-state index contributed by atoms with van der Waals surface area (Å²) in [6.45, 7) is 25.3. The molecule has 4 heterocycles. The molecular formula is C54H72O14Si12. The molecule has 4 fully saturated rings. The van der Waals surface area contributed by atoms with E-state index in [1.54, 1.807) is 0 Å². The molecular weight excluding hydrogens is 1210 g/mol. The lowest BCUT2D eigenvalue weighted by molar-refractivity contribution is 0.0541. The molecule has 0 saturated carbocycles. The zero-order valence-electron chi connectivity index (χ0n) is 47.5. The van der Waals surface area contributed by atoms with Gasteiger partial charge in [-0.1, -0.05) is 212 Å². The number of fused-ring (bicyclic) bond motifs is 4. The van der Waals surface area contributed by atoms with Crippen molar-refractivity contribution >= 4 is 141 Å². The summed E-state index contributed by atoms with van der Waals surface area (Å²) in [6.07, 6.45) is 0. The first kappa shape index (κ1) is 59.7. The average Bonchev–Trinajstić information content (AvgIpc) is 3.58. The van der Waals surface area contributed by atoms with Crippen molar-refractivity contribution in [3.63, 3.8) is 0 Å².